The van der Waals surface area contributed by atoms with E-state index in [0.29, 0.717) is 0 Å². The van der Waals surface area contributed by atoms with Crippen molar-refractivity contribution >= 4 is 34.1 Å². The summed E-state index contributed by atoms with van der Waals surface area (Å²) >= 11 is 0. The number of nitrogens with zero attached hydrogens (tertiary/aromatic N) is 2. The summed E-state index contributed by atoms with van der Waals surface area (Å²) in [5, 5.41) is 0. The van der Waals surface area contributed by atoms with Crippen LogP contribution in [0, 0.1) is 20.8 Å². The highest BCUT2D eigenvalue weighted by Crippen LogP contribution is 2.40. The highest BCUT2D eigenvalue weighted by molar-refractivity contribution is 5.83. The summed E-state index contributed by atoms with van der Waals surface area (Å²) in [5.74, 6) is 0. The molecule has 0 aliphatic heterocycles. The van der Waals surface area contributed by atoms with Crippen molar-refractivity contribution in [2.75, 3.05) is 9.80 Å². The number of hydrogen-bond donors (Lipinski definition) is 0. The standard InChI is InChI=1S/C57H46N2/c1-41-18-19-43(3)57(40-41)59(54-36-26-49(27-37-54)45-15-8-5-9-16-45)55-38-30-51(31-39-55)47-22-20-46(21-23-47)50-28-34-53(35-29-50)58(56-17-11-10-12-42(56)2)52-32-24-48(25-33-52)44-13-6-4-7-14-44/h4-40H,1-3H3. The summed E-state index contributed by atoms with van der Waals surface area (Å²) < 4.78 is 0. The van der Waals surface area contributed by atoms with E-state index in [4.69, 9.17) is 0 Å². The molecule has 2 nitrogen and oxygen atoms in total. The van der Waals surface area contributed by atoms with E-state index in [9.17, 15) is 0 Å². The molecular weight excluding hydrogens is 713 g/mol. The number of rotatable bonds is 10. The molecule has 0 saturated heterocycles. The van der Waals surface area contributed by atoms with Crippen LogP contribution in [0.5, 0.6) is 0 Å². The van der Waals surface area contributed by atoms with Gasteiger partial charge < -0.3 is 9.80 Å². The molecule has 9 aromatic carbocycles. The third kappa shape index (κ3) is 7.94. The van der Waals surface area contributed by atoms with Gasteiger partial charge in [0.25, 0.3) is 0 Å². The quantitative estimate of drug-likeness (QED) is 0.137. The Morgan fingerprint density at radius 3 is 0.898 bits per heavy atom. The summed E-state index contributed by atoms with van der Waals surface area (Å²) in [5.41, 5.74) is 20.1. The van der Waals surface area contributed by atoms with E-state index in [0.717, 1.165) is 22.7 Å². The normalized spacial score (nSPS) is 11.0. The van der Waals surface area contributed by atoms with Crippen molar-refractivity contribution in [3.05, 3.63) is 241 Å². The first-order chi connectivity index (χ1) is 29.0. The SMILES string of the molecule is Cc1ccc(C)c(N(c2ccc(-c3ccccc3)cc2)c2ccc(-c3ccc(-c4ccc(N(c5ccc(-c6ccccc6)cc5)c5ccccc5C)cc4)cc3)cc2)c1. The number of hydrogen-bond acceptors (Lipinski definition) is 2. The van der Waals surface area contributed by atoms with Crippen LogP contribution in [0.3, 0.4) is 0 Å². The second-order valence-corrected chi connectivity index (χ2v) is 15.2. The Hall–Kier alpha value is -7.42. The van der Waals surface area contributed by atoms with Gasteiger partial charge in [-0.1, -0.05) is 164 Å². The van der Waals surface area contributed by atoms with Crippen molar-refractivity contribution < 1.29 is 0 Å². The van der Waals surface area contributed by atoms with Gasteiger partial charge in [0.05, 0.1) is 0 Å². The molecule has 0 N–H and O–H groups in total. The molecule has 9 rings (SSSR count). The van der Waals surface area contributed by atoms with Crippen molar-refractivity contribution in [3.8, 4) is 44.5 Å². The molecule has 0 unspecified atom stereocenters. The van der Waals surface area contributed by atoms with E-state index in [1.54, 1.807) is 0 Å². The van der Waals surface area contributed by atoms with Crippen molar-refractivity contribution in [1.82, 2.24) is 0 Å². The van der Waals surface area contributed by atoms with Gasteiger partial charge in [-0.05, 0) is 143 Å². The maximum absolute atomic E-state index is 2.37. The Morgan fingerprint density at radius 1 is 0.237 bits per heavy atom. The molecule has 59 heavy (non-hydrogen) atoms. The van der Waals surface area contributed by atoms with Crippen molar-refractivity contribution in [3.63, 3.8) is 0 Å². The number of anilines is 6. The lowest BCUT2D eigenvalue weighted by Gasteiger charge is -2.28. The van der Waals surface area contributed by atoms with Gasteiger partial charge in [-0.25, -0.2) is 0 Å². The Bertz CT molecular complexity index is 2790. The van der Waals surface area contributed by atoms with Gasteiger partial charge in [0.15, 0.2) is 0 Å². The van der Waals surface area contributed by atoms with Gasteiger partial charge >= 0.3 is 0 Å². The van der Waals surface area contributed by atoms with E-state index >= 15 is 0 Å². The minimum atomic E-state index is 1.12. The van der Waals surface area contributed by atoms with Crippen LogP contribution in [0.15, 0.2) is 224 Å². The molecule has 2 heteroatoms. The largest absolute Gasteiger partial charge is 0.310 e. The molecule has 0 radical (unpaired) electrons. The minimum Gasteiger partial charge on any atom is -0.310 e. The average molecular weight is 759 g/mol. The summed E-state index contributed by atoms with van der Waals surface area (Å²) in [6, 6.07) is 81.0. The summed E-state index contributed by atoms with van der Waals surface area (Å²) in [6.07, 6.45) is 0. The first kappa shape index (κ1) is 37.2. The monoisotopic (exact) mass is 758 g/mol. The van der Waals surface area contributed by atoms with Crippen LogP contribution in [0.25, 0.3) is 44.5 Å². The van der Waals surface area contributed by atoms with Crippen LogP contribution in [0.2, 0.25) is 0 Å². The lowest BCUT2D eigenvalue weighted by Crippen LogP contribution is -2.11. The Labute approximate surface area is 349 Å². The highest BCUT2D eigenvalue weighted by atomic mass is 15.1. The maximum Gasteiger partial charge on any atom is 0.0493 e. The summed E-state index contributed by atoms with van der Waals surface area (Å²) in [4.78, 5) is 4.72. The third-order valence-electron chi connectivity index (χ3n) is 11.2. The molecular formula is C57H46N2. The van der Waals surface area contributed by atoms with Gasteiger partial charge in [-0.15, -0.1) is 0 Å². The molecule has 0 aliphatic rings. The predicted octanol–water partition coefficient (Wildman–Crippen LogP) is 16.2. The third-order valence-corrected chi connectivity index (χ3v) is 11.2. The van der Waals surface area contributed by atoms with Gasteiger partial charge in [0.1, 0.15) is 0 Å². The molecule has 0 heterocycles. The summed E-state index contributed by atoms with van der Waals surface area (Å²) in [6.45, 7) is 6.53. The average Bonchev–Trinajstić information content (AvgIpc) is 3.30. The number of benzene rings is 9. The topological polar surface area (TPSA) is 6.48 Å². The van der Waals surface area contributed by atoms with Crippen LogP contribution < -0.4 is 9.80 Å². The van der Waals surface area contributed by atoms with Crippen LogP contribution >= 0.6 is 0 Å². The zero-order valence-electron chi connectivity index (χ0n) is 33.8. The van der Waals surface area contributed by atoms with E-state index in [2.05, 4.69) is 255 Å². The first-order valence-corrected chi connectivity index (χ1v) is 20.3. The van der Waals surface area contributed by atoms with Crippen molar-refractivity contribution in [2.45, 2.75) is 20.8 Å². The fourth-order valence-electron chi connectivity index (χ4n) is 7.96. The fraction of sp³-hybridized carbons (Fsp3) is 0.0526. The zero-order valence-corrected chi connectivity index (χ0v) is 33.8. The van der Waals surface area contributed by atoms with Crippen LogP contribution in [0.4, 0.5) is 34.1 Å². The molecule has 0 aliphatic carbocycles. The molecule has 9 aromatic rings. The first-order valence-electron chi connectivity index (χ1n) is 20.3. The molecule has 0 atom stereocenters. The number of para-hydroxylation sites is 1. The van der Waals surface area contributed by atoms with Crippen LogP contribution in [-0.2, 0) is 0 Å². The van der Waals surface area contributed by atoms with Gasteiger partial charge in [-0.2, -0.15) is 0 Å². The molecule has 0 spiro atoms. The van der Waals surface area contributed by atoms with E-state index in [1.807, 2.05) is 0 Å². The van der Waals surface area contributed by atoms with Gasteiger partial charge in [-0.3, -0.25) is 0 Å². The smallest absolute Gasteiger partial charge is 0.0493 e. The Morgan fingerprint density at radius 2 is 0.525 bits per heavy atom. The maximum atomic E-state index is 2.37. The molecule has 0 saturated carbocycles. The van der Waals surface area contributed by atoms with Crippen LogP contribution in [-0.4, -0.2) is 0 Å². The van der Waals surface area contributed by atoms with E-state index in [-0.39, 0.29) is 0 Å². The lowest BCUT2D eigenvalue weighted by atomic mass is 9.99. The van der Waals surface area contributed by atoms with Gasteiger partial charge in [0, 0.05) is 34.1 Å². The molecule has 0 amide bonds. The second-order valence-electron chi connectivity index (χ2n) is 15.2. The summed E-state index contributed by atoms with van der Waals surface area (Å²) in [7, 11) is 0. The second kappa shape index (κ2) is 16.6. The molecule has 0 fully saturated rings. The lowest BCUT2D eigenvalue weighted by molar-refractivity contribution is 1.24. The fourth-order valence-corrected chi connectivity index (χ4v) is 7.96. The van der Waals surface area contributed by atoms with Crippen LogP contribution in [0.1, 0.15) is 16.7 Å². The zero-order chi connectivity index (χ0) is 40.1. The minimum absolute atomic E-state index is 1.12. The predicted molar refractivity (Wildman–Crippen MR) is 252 cm³/mol. The molecule has 0 aromatic heterocycles. The molecule has 284 valence electrons. The molecule has 0 bridgehead atoms. The van der Waals surface area contributed by atoms with Gasteiger partial charge in [0.2, 0.25) is 0 Å². The van der Waals surface area contributed by atoms with Crippen molar-refractivity contribution in [2.24, 2.45) is 0 Å². The van der Waals surface area contributed by atoms with E-state index in [1.165, 1.54) is 72.6 Å². The van der Waals surface area contributed by atoms with Crippen molar-refractivity contribution in [1.29, 1.82) is 0 Å². The Kier molecular flexibility index (Phi) is 10.5. The van der Waals surface area contributed by atoms with E-state index < -0.39 is 0 Å². The number of aryl methyl sites for hydroxylation is 3. The Balaban J connectivity index is 0.968. The highest BCUT2D eigenvalue weighted by Gasteiger charge is 2.17.